The Hall–Kier alpha value is 0.170. The molecule has 0 spiro atoms. The fraction of sp³-hybridized carbons (Fsp3) is 1.00. The van der Waals surface area contributed by atoms with Crippen LogP contribution < -0.4 is 0 Å². The van der Waals surface area contributed by atoms with E-state index in [-0.39, 0.29) is 12.2 Å². The van der Waals surface area contributed by atoms with Crippen LogP contribution in [0.5, 0.6) is 0 Å². The lowest BCUT2D eigenvalue weighted by Gasteiger charge is -2.09. The highest BCUT2D eigenvalue weighted by Crippen LogP contribution is 2.15. The van der Waals surface area contributed by atoms with Gasteiger partial charge in [0.2, 0.25) is 4.58 Å². The summed E-state index contributed by atoms with van der Waals surface area (Å²) in [6, 6.07) is 0. The first kappa shape index (κ1) is 15.2. The SMILES string of the molecule is CCCSCCC(S(=O)(=O)O)S(=O)(=O)O. The number of rotatable bonds is 7. The summed E-state index contributed by atoms with van der Waals surface area (Å²) in [7, 11) is -9.52. The molecule has 0 rings (SSSR count). The minimum absolute atomic E-state index is 0.248. The van der Waals surface area contributed by atoms with Gasteiger partial charge in [0, 0.05) is 0 Å². The summed E-state index contributed by atoms with van der Waals surface area (Å²) in [6.45, 7) is 1.93. The fourth-order valence-corrected chi connectivity index (χ4v) is 4.13. The van der Waals surface area contributed by atoms with Crippen molar-refractivity contribution < 1.29 is 25.9 Å². The lowest BCUT2D eigenvalue weighted by molar-refractivity contribution is 0.453. The molecule has 0 radical (unpaired) electrons. The van der Waals surface area contributed by atoms with Gasteiger partial charge >= 0.3 is 0 Å². The molecule has 2 N–H and O–H groups in total. The van der Waals surface area contributed by atoms with Crippen molar-refractivity contribution in [2.24, 2.45) is 0 Å². The van der Waals surface area contributed by atoms with E-state index in [9.17, 15) is 16.8 Å². The maximum absolute atomic E-state index is 10.6. The van der Waals surface area contributed by atoms with E-state index < -0.39 is 24.8 Å². The summed E-state index contributed by atoms with van der Waals surface area (Å²) in [5.74, 6) is 1.02. The summed E-state index contributed by atoms with van der Waals surface area (Å²) in [5.41, 5.74) is 0. The molecule has 0 bridgehead atoms. The largest absolute Gasteiger partial charge is 0.284 e. The zero-order valence-corrected chi connectivity index (χ0v) is 10.6. The average molecular weight is 278 g/mol. The Morgan fingerprint density at radius 2 is 1.53 bits per heavy atom. The van der Waals surface area contributed by atoms with Crippen LogP contribution in [0, 0.1) is 0 Å². The predicted molar refractivity (Wildman–Crippen MR) is 59.1 cm³/mol. The van der Waals surface area contributed by atoms with Crippen LogP contribution >= 0.6 is 11.8 Å². The van der Waals surface area contributed by atoms with Crippen molar-refractivity contribution in [1.29, 1.82) is 0 Å². The molecule has 92 valence electrons. The molecule has 0 aromatic carbocycles. The maximum atomic E-state index is 10.6. The van der Waals surface area contributed by atoms with Crippen LogP contribution in [0.15, 0.2) is 0 Å². The Labute approximate surface area is 93.9 Å². The molecule has 6 nitrogen and oxygen atoms in total. The quantitative estimate of drug-likeness (QED) is 0.519. The van der Waals surface area contributed by atoms with Crippen LogP contribution in [0.2, 0.25) is 0 Å². The fourth-order valence-electron chi connectivity index (χ4n) is 0.877. The van der Waals surface area contributed by atoms with Crippen LogP contribution in [-0.4, -0.2) is 42.0 Å². The standard InChI is InChI=1S/C6H14O6S3/c1-2-4-13-5-3-6(14(7,8)9)15(10,11)12/h6H,2-5H2,1H3,(H,7,8,9)(H,10,11,12). The summed E-state index contributed by atoms with van der Waals surface area (Å²) in [6.07, 6.45) is 0.565. The molecule has 0 heterocycles. The molecule has 0 saturated heterocycles. The van der Waals surface area contributed by atoms with E-state index in [0.717, 1.165) is 12.2 Å². The molecular weight excluding hydrogens is 264 g/mol. The van der Waals surface area contributed by atoms with E-state index in [0.29, 0.717) is 0 Å². The third kappa shape index (κ3) is 6.36. The molecule has 0 amide bonds. The third-order valence-corrected chi connectivity index (χ3v) is 5.99. The third-order valence-electron chi connectivity index (χ3n) is 1.51. The number of hydrogen-bond donors (Lipinski definition) is 2. The first-order valence-corrected chi connectivity index (χ1v) is 8.36. The molecule has 15 heavy (non-hydrogen) atoms. The molecule has 0 aliphatic rings. The van der Waals surface area contributed by atoms with Crippen molar-refractivity contribution in [3.63, 3.8) is 0 Å². The Bertz CT molecular complexity index is 338. The summed E-state index contributed by atoms with van der Waals surface area (Å²) >= 11 is 1.36. The monoisotopic (exact) mass is 278 g/mol. The normalized spacial score (nSPS) is 13.3. The Kier molecular flexibility index (Phi) is 6.11. The highest BCUT2D eigenvalue weighted by atomic mass is 32.3. The minimum Gasteiger partial charge on any atom is -0.284 e. The minimum atomic E-state index is -4.76. The van der Waals surface area contributed by atoms with Crippen molar-refractivity contribution in [3.05, 3.63) is 0 Å². The van der Waals surface area contributed by atoms with Gasteiger partial charge in [0.15, 0.2) is 0 Å². The molecule has 0 aliphatic carbocycles. The first-order chi connectivity index (χ1) is 6.69. The van der Waals surface area contributed by atoms with Crippen molar-refractivity contribution in [1.82, 2.24) is 0 Å². The highest BCUT2D eigenvalue weighted by molar-refractivity contribution is 8.04. The van der Waals surface area contributed by atoms with Gasteiger partial charge in [-0.15, -0.1) is 0 Å². The van der Waals surface area contributed by atoms with E-state index in [2.05, 4.69) is 0 Å². The first-order valence-electron chi connectivity index (χ1n) is 4.20. The second kappa shape index (κ2) is 6.04. The molecular formula is C6H14O6S3. The van der Waals surface area contributed by atoms with Crippen LogP contribution in [0.25, 0.3) is 0 Å². The highest BCUT2D eigenvalue weighted by Gasteiger charge is 2.34. The molecule has 0 aromatic rings. The second-order valence-corrected chi connectivity index (χ2v) is 7.58. The maximum Gasteiger partial charge on any atom is 0.284 e. The van der Waals surface area contributed by atoms with Crippen molar-refractivity contribution in [2.75, 3.05) is 11.5 Å². The number of thioether (sulfide) groups is 1. The van der Waals surface area contributed by atoms with Crippen molar-refractivity contribution in [2.45, 2.75) is 24.3 Å². The molecule has 0 atom stereocenters. The van der Waals surface area contributed by atoms with Crippen LogP contribution in [0.3, 0.4) is 0 Å². The van der Waals surface area contributed by atoms with Crippen molar-refractivity contribution >= 4 is 32.0 Å². The van der Waals surface area contributed by atoms with Gasteiger partial charge in [0.05, 0.1) is 0 Å². The van der Waals surface area contributed by atoms with E-state index in [1.807, 2.05) is 6.92 Å². The van der Waals surface area contributed by atoms with E-state index in [1.54, 1.807) is 0 Å². The van der Waals surface area contributed by atoms with Gasteiger partial charge in [0.1, 0.15) is 0 Å². The van der Waals surface area contributed by atoms with Gasteiger partial charge in [0.25, 0.3) is 20.2 Å². The van der Waals surface area contributed by atoms with Gasteiger partial charge < -0.3 is 0 Å². The Morgan fingerprint density at radius 1 is 1.07 bits per heavy atom. The van der Waals surface area contributed by atoms with Gasteiger partial charge in [-0.3, -0.25) is 9.11 Å². The predicted octanol–water partition coefficient (Wildman–Crippen LogP) is 0.621. The van der Waals surface area contributed by atoms with E-state index >= 15 is 0 Å². The molecule has 0 aromatic heterocycles. The van der Waals surface area contributed by atoms with Gasteiger partial charge in [-0.25, -0.2) is 0 Å². The number of hydrogen-bond acceptors (Lipinski definition) is 5. The molecule has 0 unspecified atom stereocenters. The lowest BCUT2D eigenvalue weighted by Crippen LogP contribution is -2.30. The Balaban J connectivity index is 4.44. The summed E-state index contributed by atoms with van der Waals surface area (Å²) in [4.78, 5) is 0. The molecule has 9 heteroatoms. The van der Waals surface area contributed by atoms with Gasteiger partial charge in [-0.2, -0.15) is 28.6 Å². The summed E-state index contributed by atoms with van der Waals surface area (Å²) in [5, 5.41) is 0. The average Bonchev–Trinajstić information content (AvgIpc) is 1.99. The van der Waals surface area contributed by atoms with Crippen molar-refractivity contribution in [3.8, 4) is 0 Å². The topological polar surface area (TPSA) is 109 Å². The molecule has 0 fully saturated rings. The van der Waals surface area contributed by atoms with Gasteiger partial charge in [-0.05, 0) is 24.3 Å². The second-order valence-electron chi connectivity index (χ2n) is 2.86. The molecule has 0 aliphatic heterocycles. The Morgan fingerprint density at radius 3 is 1.87 bits per heavy atom. The zero-order valence-electron chi connectivity index (χ0n) is 8.16. The smallest absolute Gasteiger partial charge is 0.284 e. The summed E-state index contributed by atoms with van der Waals surface area (Å²) < 4.78 is 57.7. The van der Waals surface area contributed by atoms with E-state index in [4.69, 9.17) is 9.11 Å². The zero-order chi connectivity index (χ0) is 12.1. The van der Waals surface area contributed by atoms with Crippen LogP contribution in [0.1, 0.15) is 19.8 Å². The van der Waals surface area contributed by atoms with Crippen LogP contribution in [0.4, 0.5) is 0 Å². The molecule has 0 saturated carbocycles. The lowest BCUT2D eigenvalue weighted by atomic mass is 10.6. The van der Waals surface area contributed by atoms with Crippen LogP contribution in [-0.2, 0) is 20.2 Å². The van der Waals surface area contributed by atoms with E-state index in [1.165, 1.54) is 11.8 Å². The van der Waals surface area contributed by atoms with Gasteiger partial charge in [-0.1, -0.05) is 6.92 Å².